The molecule has 1 amide bonds. The third kappa shape index (κ3) is 2.65. The van der Waals surface area contributed by atoms with Crippen LogP contribution in [0.3, 0.4) is 0 Å². The van der Waals surface area contributed by atoms with Gasteiger partial charge in [-0.2, -0.15) is 0 Å². The largest absolute Gasteiger partial charge is 0.351 e. The van der Waals surface area contributed by atoms with E-state index in [-0.39, 0.29) is 11.9 Å². The van der Waals surface area contributed by atoms with Crippen LogP contribution >= 0.6 is 15.9 Å². The zero-order valence-corrected chi connectivity index (χ0v) is 14.1. The van der Waals surface area contributed by atoms with Gasteiger partial charge in [0.05, 0.1) is 6.04 Å². The maximum Gasteiger partial charge on any atom is 0.270 e. The molecule has 4 nitrogen and oxygen atoms in total. The second kappa shape index (κ2) is 5.81. The van der Waals surface area contributed by atoms with Gasteiger partial charge < -0.3 is 9.88 Å². The number of fused-ring (bicyclic) bond motifs is 1. The second-order valence-electron chi connectivity index (χ2n) is 5.85. The first-order valence-electron chi connectivity index (χ1n) is 7.71. The summed E-state index contributed by atoms with van der Waals surface area (Å²) in [5.74, 6) is 0.0663. The lowest BCUT2D eigenvalue weighted by molar-refractivity contribution is 0.0730. The van der Waals surface area contributed by atoms with Gasteiger partial charge in [0.25, 0.3) is 5.91 Å². The van der Waals surface area contributed by atoms with Gasteiger partial charge in [-0.05, 0) is 54.8 Å². The first-order valence-corrected chi connectivity index (χ1v) is 8.51. The zero-order chi connectivity index (χ0) is 15.8. The van der Waals surface area contributed by atoms with Crippen molar-refractivity contribution < 1.29 is 4.79 Å². The van der Waals surface area contributed by atoms with Gasteiger partial charge in [-0.3, -0.25) is 9.78 Å². The van der Waals surface area contributed by atoms with E-state index in [0.29, 0.717) is 5.69 Å². The number of hydrogen-bond acceptors (Lipinski definition) is 2. The molecular weight excluding hydrogens is 354 g/mol. The van der Waals surface area contributed by atoms with E-state index >= 15 is 0 Å². The van der Waals surface area contributed by atoms with Gasteiger partial charge in [0.1, 0.15) is 5.69 Å². The standard InChI is InChI=1S/C18H16BrN3O/c19-14-3-4-15-13(10-14)11-16(21-15)18(23)22-9-1-2-17(22)12-5-7-20-8-6-12/h3-8,10-11,17,21H,1-2,9H2/t17-/m1/s1. The summed E-state index contributed by atoms with van der Waals surface area (Å²) in [6.07, 6.45) is 5.61. The number of aromatic amines is 1. The highest BCUT2D eigenvalue weighted by Gasteiger charge is 2.31. The molecule has 5 heteroatoms. The van der Waals surface area contributed by atoms with Crippen molar-refractivity contribution in [3.63, 3.8) is 0 Å². The van der Waals surface area contributed by atoms with Crippen molar-refractivity contribution in [3.05, 3.63) is 64.5 Å². The summed E-state index contributed by atoms with van der Waals surface area (Å²) >= 11 is 3.47. The molecule has 1 saturated heterocycles. The fraction of sp³-hybridized carbons (Fsp3) is 0.222. The average Bonchev–Trinajstić information content (AvgIpc) is 3.21. The van der Waals surface area contributed by atoms with E-state index in [1.807, 2.05) is 41.3 Å². The number of likely N-dealkylation sites (tertiary alicyclic amines) is 1. The van der Waals surface area contributed by atoms with E-state index in [4.69, 9.17) is 0 Å². The monoisotopic (exact) mass is 369 g/mol. The van der Waals surface area contributed by atoms with Gasteiger partial charge in [0, 0.05) is 34.3 Å². The molecule has 1 atom stereocenters. The maximum absolute atomic E-state index is 13.0. The van der Waals surface area contributed by atoms with Crippen molar-refractivity contribution in [2.75, 3.05) is 6.54 Å². The Morgan fingerprint density at radius 3 is 2.87 bits per heavy atom. The summed E-state index contributed by atoms with van der Waals surface area (Å²) in [4.78, 5) is 22.2. The molecule has 1 aromatic carbocycles. The Kier molecular flexibility index (Phi) is 3.65. The number of hydrogen-bond donors (Lipinski definition) is 1. The third-order valence-corrected chi connectivity index (χ3v) is 4.91. The van der Waals surface area contributed by atoms with E-state index in [0.717, 1.165) is 40.3 Å². The van der Waals surface area contributed by atoms with Crippen LogP contribution in [0.5, 0.6) is 0 Å². The number of pyridine rings is 1. The summed E-state index contributed by atoms with van der Waals surface area (Å²) in [7, 11) is 0. The molecule has 1 aliphatic rings. The first kappa shape index (κ1) is 14.5. The first-order chi connectivity index (χ1) is 11.2. The lowest BCUT2D eigenvalue weighted by atomic mass is 10.1. The Morgan fingerprint density at radius 1 is 1.22 bits per heavy atom. The zero-order valence-electron chi connectivity index (χ0n) is 12.5. The topological polar surface area (TPSA) is 49.0 Å². The molecule has 0 saturated carbocycles. The Morgan fingerprint density at radius 2 is 2.04 bits per heavy atom. The predicted molar refractivity (Wildman–Crippen MR) is 93.2 cm³/mol. The number of halogens is 1. The van der Waals surface area contributed by atoms with Crippen LogP contribution < -0.4 is 0 Å². The Hall–Kier alpha value is -2.14. The molecule has 4 rings (SSSR count). The number of aromatic nitrogens is 2. The quantitative estimate of drug-likeness (QED) is 0.731. The Balaban J connectivity index is 1.66. The number of nitrogens with one attached hydrogen (secondary N) is 1. The number of H-pyrrole nitrogens is 1. The van der Waals surface area contributed by atoms with Crippen LogP contribution in [0, 0.1) is 0 Å². The molecule has 1 fully saturated rings. The van der Waals surface area contributed by atoms with Crippen LogP contribution in [0.15, 0.2) is 53.3 Å². The minimum absolute atomic E-state index is 0.0663. The van der Waals surface area contributed by atoms with Crippen LogP contribution in [-0.4, -0.2) is 27.3 Å². The van der Waals surface area contributed by atoms with Gasteiger partial charge in [-0.15, -0.1) is 0 Å². The number of carbonyl (C=O) groups excluding carboxylic acids is 1. The number of rotatable bonds is 2. The summed E-state index contributed by atoms with van der Waals surface area (Å²) < 4.78 is 1.01. The molecule has 0 aliphatic carbocycles. The van der Waals surface area contributed by atoms with Crippen LogP contribution in [0.4, 0.5) is 0 Å². The van der Waals surface area contributed by atoms with Gasteiger partial charge in [0.15, 0.2) is 0 Å². The van der Waals surface area contributed by atoms with Crippen molar-refractivity contribution in [1.29, 1.82) is 0 Å². The fourth-order valence-electron chi connectivity index (χ4n) is 3.32. The van der Waals surface area contributed by atoms with Gasteiger partial charge in [-0.25, -0.2) is 0 Å². The highest BCUT2D eigenvalue weighted by molar-refractivity contribution is 9.10. The number of benzene rings is 1. The van der Waals surface area contributed by atoms with Crippen molar-refractivity contribution >= 4 is 32.7 Å². The number of amides is 1. The van der Waals surface area contributed by atoms with Crippen LogP contribution in [0.1, 0.15) is 34.9 Å². The van der Waals surface area contributed by atoms with E-state index in [2.05, 4.69) is 25.9 Å². The minimum Gasteiger partial charge on any atom is -0.351 e. The van der Waals surface area contributed by atoms with Gasteiger partial charge in [0.2, 0.25) is 0 Å². The van der Waals surface area contributed by atoms with Crippen molar-refractivity contribution in [2.24, 2.45) is 0 Å². The average molecular weight is 370 g/mol. The van der Waals surface area contributed by atoms with Crippen LogP contribution in [0.2, 0.25) is 0 Å². The summed E-state index contributed by atoms with van der Waals surface area (Å²) in [6.45, 7) is 0.797. The van der Waals surface area contributed by atoms with Gasteiger partial charge >= 0.3 is 0 Å². The molecule has 2 aromatic heterocycles. The Bertz CT molecular complexity index is 859. The number of nitrogens with zero attached hydrogens (tertiary/aromatic N) is 2. The van der Waals surface area contributed by atoms with E-state index < -0.39 is 0 Å². The molecule has 1 aliphatic heterocycles. The molecule has 3 aromatic rings. The summed E-state index contributed by atoms with van der Waals surface area (Å²) in [5.41, 5.74) is 2.79. The second-order valence-corrected chi connectivity index (χ2v) is 6.77. The molecule has 3 heterocycles. The smallest absolute Gasteiger partial charge is 0.270 e. The van der Waals surface area contributed by atoms with Gasteiger partial charge in [-0.1, -0.05) is 15.9 Å². The fourth-order valence-corrected chi connectivity index (χ4v) is 3.69. The maximum atomic E-state index is 13.0. The molecule has 116 valence electrons. The molecule has 0 spiro atoms. The Labute approximate surface area is 142 Å². The van der Waals surface area contributed by atoms with E-state index in [1.165, 1.54) is 0 Å². The normalized spacial score (nSPS) is 17.8. The summed E-state index contributed by atoms with van der Waals surface area (Å²) in [5, 5.41) is 1.04. The SMILES string of the molecule is O=C(c1cc2cc(Br)ccc2[nH]1)N1CCC[C@@H]1c1ccncc1. The molecule has 0 bridgehead atoms. The van der Waals surface area contributed by atoms with Crippen LogP contribution in [0.25, 0.3) is 10.9 Å². The highest BCUT2D eigenvalue weighted by Crippen LogP contribution is 2.33. The van der Waals surface area contributed by atoms with E-state index in [9.17, 15) is 4.79 Å². The van der Waals surface area contributed by atoms with Crippen molar-refractivity contribution in [3.8, 4) is 0 Å². The predicted octanol–water partition coefficient (Wildman–Crippen LogP) is 4.30. The molecule has 0 unspecified atom stereocenters. The summed E-state index contributed by atoms with van der Waals surface area (Å²) in [6, 6.07) is 12.1. The van der Waals surface area contributed by atoms with E-state index in [1.54, 1.807) is 12.4 Å². The molecule has 23 heavy (non-hydrogen) atoms. The molecule has 0 radical (unpaired) electrons. The van der Waals surface area contributed by atoms with Crippen molar-refractivity contribution in [2.45, 2.75) is 18.9 Å². The van der Waals surface area contributed by atoms with Crippen molar-refractivity contribution in [1.82, 2.24) is 14.9 Å². The lowest BCUT2D eigenvalue weighted by Crippen LogP contribution is -2.30. The molecular formula is C18H16BrN3O. The molecule has 1 N–H and O–H groups in total. The lowest BCUT2D eigenvalue weighted by Gasteiger charge is -2.24. The minimum atomic E-state index is 0.0663. The number of carbonyl (C=O) groups is 1. The van der Waals surface area contributed by atoms with Crippen LogP contribution in [-0.2, 0) is 0 Å². The highest BCUT2D eigenvalue weighted by atomic mass is 79.9. The third-order valence-electron chi connectivity index (χ3n) is 4.42.